The fourth-order valence-electron chi connectivity index (χ4n) is 2.21. The van der Waals surface area contributed by atoms with Gasteiger partial charge in [0.2, 0.25) is 0 Å². The van der Waals surface area contributed by atoms with Crippen LogP contribution in [-0.4, -0.2) is 5.75 Å². The van der Waals surface area contributed by atoms with Gasteiger partial charge in [-0.25, -0.2) is 0 Å². The summed E-state index contributed by atoms with van der Waals surface area (Å²) in [6.45, 7) is 2.20. The van der Waals surface area contributed by atoms with Crippen LogP contribution in [0.1, 0.15) is 19.8 Å². The second-order valence-electron chi connectivity index (χ2n) is 4.79. The average molecular weight is 300 g/mol. The van der Waals surface area contributed by atoms with Gasteiger partial charge < -0.3 is 0 Å². The molecule has 0 aliphatic rings. The van der Waals surface area contributed by atoms with Gasteiger partial charge in [0.1, 0.15) is 0 Å². The highest BCUT2D eigenvalue weighted by molar-refractivity contribution is 7.99. The third-order valence-electron chi connectivity index (χ3n) is 3.31. The Labute approximate surface area is 126 Å². The van der Waals surface area contributed by atoms with E-state index < -0.39 is 0 Å². The van der Waals surface area contributed by atoms with Crippen molar-refractivity contribution in [2.45, 2.75) is 24.7 Å². The van der Waals surface area contributed by atoms with Gasteiger partial charge in [-0.15, -0.1) is 23.1 Å². The molecule has 1 aromatic heterocycles. The summed E-state index contributed by atoms with van der Waals surface area (Å²) in [6, 6.07) is 14.1. The molecule has 0 unspecified atom stereocenters. The summed E-state index contributed by atoms with van der Waals surface area (Å²) in [5.41, 5.74) is 0.160. The minimum absolute atomic E-state index is 0.160. The first kappa shape index (κ1) is 13.7. The Balaban J connectivity index is 2.11. The maximum Gasteiger partial charge on any atom is 0.195 e. The van der Waals surface area contributed by atoms with Crippen molar-refractivity contribution in [3.63, 3.8) is 0 Å². The molecule has 0 aliphatic heterocycles. The monoisotopic (exact) mass is 300 g/mol. The topological polar surface area (TPSA) is 17.1 Å². The fourth-order valence-corrected chi connectivity index (χ4v) is 4.29. The van der Waals surface area contributed by atoms with Crippen LogP contribution in [0.4, 0.5) is 0 Å². The van der Waals surface area contributed by atoms with Crippen LogP contribution < -0.4 is 5.43 Å². The largest absolute Gasteiger partial charge is 0.289 e. The minimum atomic E-state index is 0.160. The summed E-state index contributed by atoms with van der Waals surface area (Å²) in [7, 11) is 0. The molecule has 0 aliphatic carbocycles. The summed E-state index contributed by atoms with van der Waals surface area (Å²) >= 11 is 3.53. The molecule has 1 nitrogen and oxygen atoms in total. The van der Waals surface area contributed by atoms with Crippen LogP contribution in [0.5, 0.6) is 0 Å². The van der Waals surface area contributed by atoms with Gasteiger partial charge >= 0.3 is 0 Å². The zero-order valence-electron chi connectivity index (χ0n) is 11.4. The Hall–Kier alpha value is -1.32. The van der Waals surface area contributed by atoms with Gasteiger partial charge in [0.25, 0.3) is 0 Å². The Bertz CT molecular complexity index is 805. The molecule has 0 spiro atoms. The van der Waals surface area contributed by atoms with Crippen molar-refractivity contribution in [3.8, 4) is 0 Å². The van der Waals surface area contributed by atoms with Crippen LogP contribution in [0.25, 0.3) is 20.2 Å². The lowest BCUT2D eigenvalue weighted by molar-refractivity contribution is 0.896. The molecule has 102 valence electrons. The molecular formula is C17H16OS2. The smallest absolute Gasteiger partial charge is 0.195 e. The highest BCUT2D eigenvalue weighted by Crippen LogP contribution is 2.28. The molecular weight excluding hydrogens is 284 g/mol. The number of unbranched alkanes of at least 4 members (excludes halogenated alkanes) is 1. The SMILES string of the molecule is CCCCSc1ccc2sc3ccccc3c(=O)c2c1. The normalized spacial score (nSPS) is 11.2. The van der Waals surface area contributed by atoms with Crippen molar-refractivity contribution in [1.29, 1.82) is 0 Å². The number of hydrogen-bond donors (Lipinski definition) is 0. The Morgan fingerprint density at radius 3 is 2.70 bits per heavy atom. The average Bonchev–Trinajstić information content (AvgIpc) is 2.48. The molecule has 0 N–H and O–H groups in total. The van der Waals surface area contributed by atoms with Gasteiger partial charge in [0, 0.05) is 25.1 Å². The number of rotatable bonds is 4. The standard InChI is InChI=1S/C17H16OS2/c1-2-3-10-19-12-8-9-16-14(11-12)17(18)13-6-4-5-7-15(13)20-16/h4-9,11H,2-3,10H2,1H3. The van der Waals surface area contributed by atoms with Crippen molar-refractivity contribution >= 4 is 43.3 Å². The zero-order chi connectivity index (χ0) is 13.9. The number of thioether (sulfide) groups is 1. The van der Waals surface area contributed by atoms with E-state index in [-0.39, 0.29) is 5.43 Å². The van der Waals surface area contributed by atoms with Crippen LogP contribution in [0.3, 0.4) is 0 Å². The molecule has 0 radical (unpaired) electrons. The van der Waals surface area contributed by atoms with Crippen molar-refractivity contribution in [1.82, 2.24) is 0 Å². The van der Waals surface area contributed by atoms with E-state index in [1.807, 2.05) is 36.0 Å². The van der Waals surface area contributed by atoms with E-state index in [1.165, 1.54) is 17.7 Å². The van der Waals surface area contributed by atoms with Gasteiger partial charge in [-0.2, -0.15) is 0 Å². The van der Waals surface area contributed by atoms with Gasteiger partial charge in [0.05, 0.1) is 0 Å². The second kappa shape index (κ2) is 5.98. The fraction of sp³-hybridized carbons (Fsp3) is 0.235. The van der Waals surface area contributed by atoms with Gasteiger partial charge in [-0.3, -0.25) is 4.79 Å². The number of benzene rings is 2. The van der Waals surface area contributed by atoms with Crippen molar-refractivity contribution < 1.29 is 0 Å². The molecule has 0 saturated heterocycles. The lowest BCUT2D eigenvalue weighted by atomic mass is 10.2. The van der Waals surface area contributed by atoms with E-state index >= 15 is 0 Å². The Morgan fingerprint density at radius 2 is 1.85 bits per heavy atom. The Morgan fingerprint density at radius 1 is 1.05 bits per heavy atom. The molecule has 0 fully saturated rings. The maximum atomic E-state index is 12.6. The highest BCUT2D eigenvalue weighted by atomic mass is 32.2. The maximum absolute atomic E-state index is 12.6. The highest BCUT2D eigenvalue weighted by Gasteiger charge is 2.06. The van der Waals surface area contributed by atoms with E-state index in [4.69, 9.17) is 0 Å². The summed E-state index contributed by atoms with van der Waals surface area (Å²) in [6.07, 6.45) is 2.42. The molecule has 0 saturated carbocycles. The minimum Gasteiger partial charge on any atom is -0.289 e. The predicted octanol–water partition coefficient (Wildman–Crippen LogP) is 5.31. The molecule has 3 aromatic rings. The van der Waals surface area contributed by atoms with E-state index in [1.54, 1.807) is 11.3 Å². The first-order valence-electron chi connectivity index (χ1n) is 6.88. The lowest BCUT2D eigenvalue weighted by Gasteiger charge is -2.04. The summed E-state index contributed by atoms with van der Waals surface area (Å²) in [4.78, 5) is 13.8. The van der Waals surface area contributed by atoms with Crippen molar-refractivity contribution in [2.24, 2.45) is 0 Å². The molecule has 0 bridgehead atoms. The van der Waals surface area contributed by atoms with Crippen LogP contribution in [0.15, 0.2) is 52.2 Å². The Kier molecular flexibility index (Phi) is 4.08. The predicted molar refractivity (Wildman–Crippen MR) is 91.2 cm³/mol. The summed E-state index contributed by atoms with van der Waals surface area (Å²) < 4.78 is 2.14. The van der Waals surface area contributed by atoms with E-state index in [0.29, 0.717) is 0 Å². The third-order valence-corrected chi connectivity index (χ3v) is 5.55. The molecule has 2 aromatic carbocycles. The zero-order valence-corrected chi connectivity index (χ0v) is 13.0. The van der Waals surface area contributed by atoms with E-state index in [9.17, 15) is 4.79 Å². The number of hydrogen-bond acceptors (Lipinski definition) is 3. The van der Waals surface area contributed by atoms with Gasteiger partial charge in [-0.1, -0.05) is 25.5 Å². The second-order valence-corrected chi connectivity index (χ2v) is 7.04. The summed E-state index contributed by atoms with van der Waals surface area (Å²) in [5.74, 6) is 1.12. The first-order chi connectivity index (χ1) is 9.79. The van der Waals surface area contributed by atoms with Crippen molar-refractivity contribution in [3.05, 3.63) is 52.7 Å². The van der Waals surface area contributed by atoms with Crippen LogP contribution in [0.2, 0.25) is 0 Å². The third kappa shape index (κ3) is 2.60. The molecule has 0 atom stereocenters. The van der Waals surface area contributed by atoms with E-state index in [2.05, 4.69) is 25.1 Å². The molecule has 3 rings (SSSR count). The number of fused-ring (bicyclic) bond motifs is 2. The lowest BCUT2D eigenvalue weighted by Crippen LogP contribution is -2.00. The quantitative estimate of drug-likeness (QED) is 0.369. The molecule has 20 heavy (non-hydrogen) atoms. The van der Waals surface area contributed by atoms with Crippen LogP contribution in [0, 0.1) is 0 Å². The first-order valence-corrected chi connectivity index (χ1v) is 8.68. The van der Waals surface area contributed by atoms with E-state index in [0.717, 1.165) is 25.9 Å². The van der Waals surface area contributed by atoms with Gasteiger partial charge in [-0.05, 0) is 42.5 Å². The molecule has 1 heterocycles. The molecule has 3 heteroatoms. The molecule has 0 amide bonds. The van der Waals surface area contributed by atoms with Crippen LogP contribution >= 0.6 is 23.1 Å². The van der Waals surface area contributed by atoms with Crippen LogP contribution in [-0.2, 0) is 0 Å². The van der Waals surface area contributed by atoms with Crippen molar-refractivity contribution in [2.75, 3.05) is 5.75 Å². The summed E-state index contributed by atoms with van der Waals surface area (Å²) in [5, 5.41) is 1.69. The van der Waals surface area contributed by atoms with Gasteiger partial charge in [0.15, 0.2) is 5.43 Å².